The monoisotopic (exact) mass is 336 g/mol. The Labute approximate surface area is 140 Å². The molecule has 0 saturated carbocycles. The molecule has 3 rings (SSSR count). The Balaban J connectivity index is 0.00000192. The van der Waals surface area contributed by atoms with Crippen LogP contribution in [-0.4, -0.2) is 12.5 Å². The normalized spacial score (nSPS) is 13.8. The molecule has 1 amide bonds. The molecule has 0 aromatic heterocycles. The summed E-state index contributed by atoms with van der Waals surface area (Å²) in [4.78, 5) is 13.5. The van der Waals surface area contributed by atoms with Crippen LogP contribution in [0.3, 0.4) is 0 Å². The van der Waals surface area contributed by atoms with Crippen molar-refractivity contribution in [3.8, 4) is 5.75 Å². The molecule has 6 heteroatoms. The molecule has 4 nitrogen and oxygen atoms in total. The summed E-state index contributed by atoms with van der Waals surface area (Å²) in [5, 5.41) is 0. The second-order valence-corrected chi connectivity index (χ2v) is 5.29. The first kappa shape index (κ1) is 17.1. The maximum Gasteiger partial charge on any atom is 0.227 e. The first-order valence-corrected chi connectivity index (χ1v) is 7.20. The zero-order chi connectivity index (χ0) is 15.5. The Morgan fingerprint density at radius 1 is 1.22 bits per heavy atom. The minimum Gasteiger partial charge on any atom is -0.487 e. The van der Waals surface area contributed by atoms with E-state index in [1.165, 1.54) is 12.1 Å². The number of hydrogen-bond acceptors (Lipinski definition) is 3. The lowest BCUT2D eigenvalue weighted by molar-refractivity contribution is -0.117. The summed E-state index contributed by atoms with van der Waals surface area (Å²) in [6, 6.07) is 11.5. The van der Waals surface area contributed by atoms with Gasteiger partial charge in [0.15, 0.2) is 0 Å². The number of ether oxygens (including phenoxy) is 1. The van der Waals surface area contributed by atoms with Gasteiger partial charge in [-0.2, -0.15) is 0 Å². The number of nitrogens with two attached hydrogens (primary N) is 1. The van der Waals surface area contributed by atoms with Crippen molar-refractivity contribution in [2.75, 3.05) is 17.2 Å². The first-order valence-electron chi connectivity index (χ1n) is 7.20. The van der Waals surface area contributed by atoms with Crippen LogP contribution in [0.5, 0.6) is 5.75 Å². The summed E-state index contributed by atoms with van der Waals surface area (Å²) in [6.45, 7) is 0.964. The highest BCUT2D eigenvalue weighted by Gasteiger charge is 2.22. The zero-order valence-electron chi connectivity index (χ0n) is 12.5. The summed E-state index contributed by atoms with van der Waals surface area (Å²) < 4.78 is 18.7. The molecule has 23 heavy (non-hydrogen) atoms. The van der Waals surface area contributed by atoms with E-state index in [9.17, 15) is 9.18 Å². The van der Waals surface area contributed by atoms with Crippen LogP contribution in [0.4, 0.5) is 15.8 Å². The predicted octanol–water partition coefficient (Wildman–Crippen LogP) is 3.54. The lowest BCUT2D eigenvalue weighted by atomic mass is 10.2. The Kier molecular flexibility index (Phi) is 5.45. The molecule has 0 bridgehead atoms. The molecule has 1 aliphatic rings. The standard InChI is InChI=1S/C17H17FN2O2.ClH/c18-13-4-1-3-12(9-13)11-22-16-7-6-14(10-15(16)19)20-8-2-5-17(20)21;/h1,3-4,6-7,9-10H,2,5,8,11,19H2;1H. The van der Waals surface area contributed by atoms with Gasteiger partial charge < -0.3 is 15.4 Å². The molecule has 0 aliphatic carbocycles. The van der Waals surface area contributed by atoms with Crippen molar-refractivity contribution < 1.29 is 13.9 Å². The third-order valence-electron chi connectivity index (χ3n) is 3.66. The Hall–Kier alpha value is -2.27. The van der Waals surface area contributed by atoms with Gasteiger partial charge in [-0.15, -0.1) is 12.4 Å². The topological polar surface area (TPSA) is 55.6 Å². The number of nitrogens with zero attached hydrogens (tertiary/aromatic N) is 1. The third kappa shape index (κ3) is 3.93. The summed E-state index contributed by atoms with van der Waals surface area (Å²) in [5.41, 5.74) is 7.98. The molecule has 0 unspecified atom stereocenters. The minimum atomic E-state index is -0.294. The summed E-state index contributed by atoms with van der Waals surface area (Å²) >= 11 is 0. The average Bonchev–Trinajstić information content (AvgIpc) is 2.92. The van der Waals surface area contributed by atoms with E-state index < -0.39 is 0 Å². The van der Waals surface area contributed by atoms with Crippen LogP contribution in [0.25, 0.3) is 0 Å². The lowest BCUT2D eigenvalue weighted by Crippen LogP contribution is -2.23. The van der Waals surface area contributed by atoms with E-state index in [0.717, 1.165) is 24.2 Å². The molecular formula is C17H18ClFN2O2. The van der Waals surface area contributed by atoms with E-state index in [1.54, 1.807) is 29.2 Å². The Bertz CT molecular complexity index is 709. The van der Waals surface area contributed by atoms with Crippen molar-refractivity contribution in [3.05, 3.63) is 53.8 Å². The number of amides is 1. The maximum atomic E-state index is 13.1. The number of nitrogen functional groups attached to an aromatic ring is 1. The second-order valence-electron chi connectivity index (χ2n) is 5.29. The van der Waals surface area contributed by atoms with E-state index in [2.05, 4.69) is 0 Å². The summed E-state index contributed by atoms with van der Waals surface area (Å²) in [5.74, 6) is 0.351. The number of anilines is 2. The van der Waals surface area contributed by atoms with Gasteiger partial charge in [0.25, 0.3) is 0 Å². The molecule has 2 aromatic carbocycles. The van der Waals surface area contributed by atoms with E-state index in [-0.39, 0.29) is 30.7 Å². The molecule has 1 heterocycles. The lowest BCUT2D eigenvalue weighted by Gasteiger charge is -2.17. The number of hydrogen-bond donors (Lipinski definition) is 1. The zero-order valence-corrected chi connectivity index (χ0v) is 13.3. The van der Waals surface area contributed by atoms with Gasteiger partial charge in [-0.3, -0.25) is 4.79 Å². The predicted molar refractivity (Wildman–Crippen MR) is 90.4 cm³/mol. The molecule has 0 spiro atoms. The number of rotatable bonds is 4. The number of carbonyl (C=O) groups excluding carboxylic acids is 1. The van der Waals surface area contributed by atoms with Gasteiger partial charge in [0.2, 0.25) is 5.91 Å². The van der Waals surface area contributed by atoms with E-state index in [1.807, 2.05) is 6.07 Å². The molecule has 0 atom stereocenters. The van der Waals surface area contributed by atoms with Crippen LogP contribution in [0.2, 0.25) is 0 Å². The van der Waals surface area contributed by atoms with Crippen molar-refractivity contribution in [2.24, 2.45) is 0 Å². The second kappa shape index (κ2) is 7.33. The highest BCUT2D eigenvalue weighted by Crippen LogP contribution is 2.30. The molecular weight excluding hydrogens is 319 g/mol. The van der Waals surface area contributed by atoms with E-state index in [0.29, 0.717) is 17.9 Å². The van der Waals surface area contributed by atoms with Gasteiger partial charge in [-0.25, -0.2) is 4.39 Å². The Morgan fingerprint density at radius 3 is 2.70 bits per heavy atom. The van der Waals surface area contributed by atoms with Crippen LogP contribution in [0.15, 0.2) is 42.5 Å². The van der Waals surface area contributed by atoms with Gasteiger partial charge in [-0.1, -0.05) is 12.1 Å². The fourth-order valence-corrected chi connectivity index (χ4v) is 2.54. The Morgan fingerprint density at radius 2 is 2.04 bits per heavy atom. The minimum absolute atomic E-state index is 0. The van der Waals surface area contributed by atoms with Gasteiger partial charge in [0, 0.05) is 18.7 Å². The van der Waals surface area contributed by atoms with Crippen molar-refractivity contribution in [3.63, 3.8) is 0 Å². The number of halogens is 2. The van der Waals surface area contributed by atoms with Gasteiger partial charge in [0.05, 0.1) is 5.69 Å². The maximum absolute atomic E-state index is 13.1. The summed E-state index contributed by atoms with van der Waals surface area (Å²) in [6.07, 6.45) is 1.45. The van der Waals surface area contributed by atoms with Crippen molar-refractivity contribution in [1.29, 1.82) is 0 Å². The van der Waals surface area contributed by atoms with Crippen LogP contribution in [0.1, 0.15) is 18.4 Å². The van der Waals surface area contributed by atoms with Gasteiger partial charge in [0.1, 0.15) is 18.2 Å². The van der Waals surface area contributed by atoms with Crippen LogP contribution in [0, 0.1) is 5.82 Å². The molecule has 0 radical (unpaired) electrons. The van der Waals surface area contributed by atoms with E-state index >= 15 is 0 Å². The number of carbonyl (C=O) groups is 1. The highest BCUT2D eigenvalue weighted by molar-refractivity contribution is 5.95. The van der Waals surface area contributed by atoms with E-state index in [4.69, 9.17) is 10.5 Å². The van der Waals surface area contributed by atoms with Crippen LogP contribution in [-0.2, 0) is 11.4 Å². The highest BCUT2D eigenvalue weighted by atomic mass is 35.5. The van der Waals surface area contributed by atoms with Crippen LogP contribution >= 0.6 is 12.4 Å². The van der Waals surface area contributed by atoms with Gasteiger partial charge >= 0.3 is 0 Å². The molecule has 1 fully saturated rings. The smallest absolute Gasteiger partial charge is 0.227 e. The third-order valence-corrected chi connectivity index (χ3v) is 3.66. The molecule has 2 N–H and O–H groups in total. The first-order chi connectivity index (χ1) is 10.6. The largest absolute Gasteiger partial charge is 0.487 e. The average molecular weight is 337 g/mol. The molecule has 1 saturated heterocycles. The quantitative estimate of drug-likeness (QED) is 0.869. The molecule has 2 aromatic rings. The van der Waals surface area contributed by atoms with Gasteiger partial charge in [-0.05, 0) is 42.3 Å². The SMILES string of the molecule is Cl.Nc1cc(N2CCCC2=O)ccc1OCc1cccc(F)c1. The fourth-order valence-electron chi connectivity index (χ4n) is 2.54. The fraction of sp³-hybridized carbons (Fsp3) is 0.235. The number of benzene rings is 2. The van der Waals surface area contributed by atoms with Crippen molar-refractivity contribution in [1.82, 2.24) is 0 Å². The molecule has 122 valence electrons. The van der Waals surface area contributed by atoms with Crippen LogP contribution < -0.4 is 15.4 Å². The summed E-state index contributed by atoms with van der Waals surface area (Å²) in [7, 11) is 0. The molecule has 1 aliphatic heterocycles. The van der Waals surface area contributed by atoms with Crippen molar-refractivity contribution >= 4 is 29.7 Å². The van der Waals surface area contributed by atoms with Crippen molar-refractivity contribution in [2.45, 2.75) is 19.4 Å².